The molecule has 5 nitrogen and oxygen atoms in total. The number of carbonyl (C=O) groups excluding carboxylic acids is 1. The normalized spacial score (nSPS) is 15.3. The summed E-state index contributed by atoms with van der Waals surface area (Å²) in [6.07, 6.45) is -0.329. The Balaban J connectivity index is 1.54. The maximum Gasteiger partial charge on any atom is 0.255 e. The van der Waals surface area contributed by atoms with Gasteiger partial charge in [-0.15, -0.1) is 0 Å². The smallest absolute Gasteiger partial charge is 0.255 e. The van der Waals surface area contributed by atoms with Crippen LogP contribution in [0.4, 0.5) is 5.69 Å². The number of hydrogen-bond acceptors (Lipinski definition) is 4. The lowest BCUT2D eigenvalue weighted by atomic mass is 10.1. The minimum absolute atomic E-state index is 0.0993. The second-order valence-electron chi connectivity index (χ2n) is 6.28. The Bertz CT molecular complexity index is 957. The van der Waals surface area contributed by atoms with Gasteiger partial charge in [-0.05, 0) is 35.4 Å². The Morgan fingerprint density at radius 3 is 2.48 bits per heavy atom. The third kappa shape index (κ3) is 3.58. The lowest BCUT2D eigenvalue weighted by molar-refractivity contribution is 0.0935. The van der Waals surface area contributed by atoms with Gasteiger partial charge in [-0.2, -0.15) is 0 Å². The molecule has 1 aliphatic heterocycles. The third-order valence-electron chi connectivity index (χ3n) is 4.51. The van der Waals surface area contributed by atoms with Crippen LogP contribution in [0.2, 0.25) is 0 Å². The molecule has 136 valence electrons. The molecule has 0 aromatic heterocycles. The third-order valence-corrected chi connectivity index (χ3v) is 4.51. The summed E-state index contributed by atoms with van der Waals surface area (Å²) in [5.74, 6) is 1.18. The summed E-state index contributed by atoms with van der Waals surface area (Å²) >= 11 is 0. The number of ether oxygens (including phenoxy) is 2. The zero-order valence-electron chi connectivity index (χ0n) is 14.9. The molecule has 1 unspecified atom stereocenters. The highest BCUT2D eigenvalue weighted by Crippen LogP contribution is 2.33. The molecule has 1 amide bonds. The standard InChI is InChI=1S/C22H20N2O3/c1-26-20-13-16(11-12-19(20)27-14-15-7-3-2-4-8-15)21-23-18-10-6-5-9-17(18)22(25)24-21/h2-13,21,23H,14H2,1H3,(H,24,25). The van der Waals surface area contributed by atoms with Crippen LogP contribution in [0, 0.1) is 0 Å². The summed E-state index contributed by atoms with van der Waals surface area (Å²) in [7, 11) is 1.61. The summed E-state index contributed by atoms with van der Waals surface area (Å²) < 4.78 is 11.4. The first-order chi connectivity index (χ1) is 13.2. The molecule has 27 heavy (non-hydrogen) atoms. The fraction of sp³-hybridized carbons (Fsp3) is 0.136. The minimum atomic E-state index is -0.329. The fourth-order valence-corrected chi connectivity index (χ4v) is 3.09. The van der Waals surface area contributed by atoms with E-state index in [2.05, 4.69) is 10.6 Å². The van der Waals surface area contributed by atoms with Gasteiger partial charge in [0, 0.05) is 5.69 Å². The zero-order valence-corrected chi connectivity index (χ0v) is 14.9. The van der Waals surface area contributed by atoms with E-state index in [0.717, 1.165) is 16.8 Å². The Morgan fingerprint density at radius 2 is 1.67 bits per heavy atom. The van der Waals surface area contributed by atoms with Crippen molar-refractivity contribution in [3.63, 3.8) is 0 Å². The topological polar surface area (TPSA) is 59.6 Å². The lowest BCUT2D eigenvalue weighted by Gasteiger charge is -2.28. The van der Waals surface area contributed by atoms with Crippen molar-refractivity contribution in [2.45, 2.75) is 12.8 Å². The molecule has 0 fully saturated rings. The predicted octanol–water partition coefficient (Wildman–Crippen LogP) is 4.13. The van der Waals surface area contributed by atoms with Crippen LogP contribution >= 0.6 is 0 Å². The average molecular weight is 360 g/mol. The number of carbonyl (C=O) groups is 1. The molecule has 0 aliphatic carbocycles. The van der Waals surface area contributed by atoms with E-state index in [-0.39, 0.29) is 12.1 Å². The second-order valence-corrected chi connectivity index (χ2v) is 6.28. The monoisotopic (exact) mass is 360 g/mol. The highest BCUT2D eigenvalue weighted by molar-refractivity contribution is 6.01. The number of para-hydroxylation sites is 1. The van der Waals surface area contributed by atoms with E-state index >= 15 is 0 Å². The first-order valence-corrected chi connectivity index (χ1v) is 8.75. The molecule has 3 aromatic rings. The molecule has 4 rings (SSSR count). The molecule has 5 heteroatoms. The predicted molar refractivity (Wildman–Crippen MR) is 104 cm³/mol. The highest BCUT2D eigenvalue weighted by Gasteiger charge is 2.24. The summed E-state index contributed by atoms with van der Waals surface area (Å²) in [5, 5.41) is 6.32. The van der Waals surface area contributed by atoms with Gasteiger partial charge in [-0.25, -0.2) is 0 Å². The second kappa shape index (κ2) is 7.41. The zero-order chi connectivity index (χ0) is 18.6. The van der Waals surface area contributed by atoms with Crippen molar-refractivity contribution in [1.29, 1.82) is 0 Å². The number of benzene rings is 3. The molecule has 0 saturated carbocycles. The Hall–Kier alpha value is -3.47. The molecule has 3 aromatic carbocycles. The van der Waals surface area contributed by atoms with E-state index in [1.807, 2.05) is 66.7 Å². The number of nitrogens with one attached hydrogen (secondary N) is 2. The first kappa shape index (κ1) is 17.0. The fourth-order valence-electron chi connectivity index (χ4n) is 3.09. The number of hydrogen-bond donors (Lipinski definition) is 2. The number of fused-ring (bicyclic) bond motifs is 1. The van der Waals surface area contributed by atoms with Gasteiger partial charge in [0.25, 0.3) is 5.91 Å². The van der Waals surface area contributed by atoms with E-state index in [0.29, 0.717) is 23.7 Å². The van der Waals surface area contributed by atoms with Gasteiger partial charge in [0.2, 0.25) is 0 Å². The van der Waals surface area contributed by atoms with Crippen molar-refractivity contribution >= 4 is 11.6 Å². The van der Waals surface area contributed by atoms with Gasteiger partial charge in [0.05, 0.1) is 12.7 Å². The summed E-state index contributed by atoms with van der Waals surface area (Å²) in [6.45, 7) is 0.461. The largest absolute Gasteiger partial charge is 0.493 e. The maximum absolute atomic E-state index is 12.3. The van der Waals surface area contributed by atoms with Gasteiger partial charge < -0.3 is 20.1 Å². The molecule has 0 saturated heterocycles. The minimum Gasteiger partial charge on any atom is -0.493 e. The Morgan fingerprint density at radius 1 is 0.889 bits per heavy atom. The van der Waals surface area contributed by atoms with Crippen molar-refractivity contribution in [2.24, 2.45) is 0 Å². The van der Waals surface area contributed by atoms with E-state index in [9.17, 15) is 4.79 Å². The van der Waals surface area contributed by atoms with Crippen molar-refractivity contribution in [3.05, 3.63) is 89.5 Å². The van der Waals surface area contributed by atoms with Gasteiger partial charge in [-0.3, -0.25) is 4.79 Å². The average Bonchev–Trinajstić information content (AvgIpc) is 2.73. The van der Waals surface area contributed by atoms with Crippen molar-refractivity contribution in [3.8, 4) is 11.5 Å². The van der Waals surface area contributed by atoms with Crippen molar-refractivity contribution in [1.82, 2.24) is 5.32 Å². The number of rotatable bonds is 5. The summed E-state index contributed by atoms with van der Waals surface area (Å²) in [5.41, 5.74) is 3.43. The number of anilines is 1. The van der Waals surface area contributed by atoms with Crippen LogP contribution in [0.25, 0.3) is 0 Å². The van der Waals surface area contributed by atoms with Crippen LogP contribution in [0.3, 0.4) is 0 Å². The quantitative estimate of drug-likeness (QED) is 0.718. The van der Waals surface area contributed by atoms with Gasteiger partial charge in [0.15, 0.2) is 11.5 Å². The van der Waals surface area contributed by atoms with Crippen LogP contribution in [-0.2, 0) is 6.61 Å². The van der Waals surface area contributed by atoms with E-state index in [1.165, 1.54) is 0 Å². The molecule has 1 atom stereocenters. The first-order valence-electron chi connectivity index (χ1n) is 8.75. The molecule has 0 spiro atoms. The SMILES string of the molecule is COc1cc(C2NC(=O)c3ccccc3N2)ccc1OCc1ccccc1. The van der Waals surface area contributed by atoms with Crippen molar-refractivity contribution in [2.75, 3.05) is 12.4 Å². The van der Waals surface area contributed by atoms with Crippen LogP contribution in [0.1, 0.15) is 27.7 Å². The van der Waals surface area contributed by atoms with E-state index < -0.39 is 0 Å². The van der Waals surface area contributed by atoms with Crippen LogP contribution in [-0.4, -0.2) is 13.0 Å². The molecule has 1 heterocycles. The van der Waals surface area contributed by atoms with Crippen LogP contribution in [0.5, 0.6) is 11.5 Å². The van der Waals surface area contributed by atoms with Crippen molar-refractivity contribution < 1.29 is 14.3 Å². The Kier molecular flexibility index (Phi) is 4.66. The van der Waals surface area contributed by atoms with Gasteiger partial charge in [0.1, 0.15) is 12.8 Å². The molecule has 2 N–H and O–H groups in total. The summed E-state index contributed by atoms with van der Waals surface area (Å²) in [6, 6.07) is 23.1. The van der Waals surface area contributed by atoms with E-state index in [4.69, 9.17) is 9.47 Å². The number of methoxy groups -OCH3 is 1. The van der Waals surface area contributed by atoms with Gasteiger partial charge in [-0.1, -0.05) is 48.5 Å². The maximum atomic E-state index is 12.3. The molecule has 0 bridgehead atoms. The molecular weight excluding hydrogens is 340 g/mol. The van der Waals surface area contributed by atoms with E-state index in [1.54, 1.807) is 13.2 Å². The van der Waals surface area contributed by atoms with Gasteiger partial charge >= 0.3 is 0 Å². The molecule has 1 aliphatic rings. The summed E-state index contributed by atoms with van der Waals surface area (Å²) in [4.78, 5) is 12.3. The molecule has 0 radical (unpaired) electrons. The van der Waals surface area contributed by atoms with Crippen LogP contribution in [0.15, 0.2) is 72.8 Å². The highest BCUT2D eigenvalue weighted by atomic mass is 16.5. The number of amides is 1. The lowest BCUT2D eigenvalue weighted by Crippen LogP contribution is -2.38. The Labute approximate surface area is 157 Å². The van der Waals surface area contributed by atoms with Crippen LogP contribution < -0.4 is 20.1 Å². The molecular formula is C22H20N2O3.